The zero-order chi connectivity index (χ0) is 13.4. The van der Waals surface area contributed by atoms with E-state index in [0.29, 0.717) is 6.54 Å². The van der Waals surface area contributed by atoms with Crippen LogP contribution in [-0.4, -0.2) is 30.4 Å². The summed E-state index contributed by atoms with van der Waals surface area (Å²) in [6.45, 7) is 3.48. The quantitative estimate of drug-likeness (QED) is 0.916. The van der Waals surface area contributed by atoms with Crippen molar-refractivity contribution in [1.29, 1.82) is 0 Å². The predicted octanol–water partition coefficient (Wildman–Crippen LogP) is 2.06. The van der Waals surface area contributed by atoms with Crippen molar-refractivity contribution in [3.8, 4) is 0 Å². The van der Waals surface area contributed by atoms with Gasteiger partial charge in [0, 0.05) is 31.1 Å². The first-order chi connectivity index (χ1) is 9.16. The largest absolute Gasteiger partial charge is 0.461 e. The molecular formula is C15H18N2O2. The van der Waals surface area contributed by atoms with E-state index in [2.05, 4.69) is 11.4 Å². The number of benzene rings is 1. The highest BCUT2D eigenvalue weighted by atomic mass is 16.3. The van der Waals surface area contributed by atoms with Crippen LogP contribution >= 0.6 is 0 Å². The van der Waals surface area contributed by atoms with Crippen molar-refractivity contribution in [3.05, 3.63) is 35.6 Å². The molecule has 4 heteroatoms. The molecule has 1 saturated heterocycles. The van der Waals surface area contributed by atoms with E-state index in [0.717, 1.165) is 35.3 Å². The number of hydrogen-bond acceptors (Lipinski definition) is 3. The van der Waals surface area contributed by atoms with Gasteiger partial charge in [-0.3, -0.25) is 4.79 Å². The molecule has 1 unspecified atom stereocenters. The third-order valence-electron chi connectivity index (χ3n) is 3.85. The monoisotopic (exact) mass is 258 g/mol. The Bertz CT molecular complexity index is 618. The molecule has 0 saturated carbocycles. The molecule has 4 nitrogen and oxygen atoms in total. The van der Waals surface area contributed by atoms with Crippen LogP contribution in [0.1, 0.15) is 17.7 Å². The van der Waals surface area contributed by atoms with E-state index >= 15 is 0 Å². The zero-order valence-corrected chi connectivity index (χ0v) is 11.3. The molecule has 1 aliphatic heterocycles. The number of nitrogens with zero attached hydrogens (tertiary/aromatic N) is 1. The van der Waals surface area contributed by atoms with Crippen LogP contribution in [0.3, 0.4) is 0 Å². The van der Waals surface area contributed by atoms with Crippen molar-refractivity contribution < 1.29 is 9.21 Å². The molecule has 1 fully saturated rings. The third kappa shape index (κ3) is 2.12. The summed E-state index contributed by atoms with van der Waals surface area (Å²) in [5.74, 6) is 1.11. The van der Waals surface area contributed by atoms with Gasteiger partial charge in [-0.15, -0.1) is 0 Å². The number of likely N-dealkylation sites (N-methyl/N-ethyl adjacent to an activating group) is 1. The number of para-hydroxylation sites is 1. The number of furan rings is 1. The molecule has 2 heterocycles. The molecule has 19 heavy (non-hydrogen) atoms. The van der Waals surface area contributed by atoms with Crippen molar-refractivity contribution in [2.75, 3.05) is 13.6 Å². The Hall–Kier alpha value is -1.81. The number of carbonyl (C=O) groups is 1. The maximum Gasteiger partial charge on any atom is 0.239 e. The normalized spacial score (nSPS) is 19.6. The molecule has 0 spiro atoms. The van der Waals surface area contributed by atoms with Gasteiger partial charge in [-0.05, 0) is 19.4 Å². The van der Waals surface area contributed by atoms with Gasteiger partial charge >= 0.3 is 0 Å². The lowest BCUT2D eigenvalue weighted by molar-refractivity contribution is -0.128. The number of rotatable bonds is 3. The lowest BCUT2D eigenvalue weighted by Gasteiger charge is -2.11. The minimum absolute atomic E-state index is 0.0573. The highest BCUT2D eigenvalue weighted by molar-refractivity contribution is 5.84. The van der Waals surface area contributed by atoms with Gasteiger partial charge in [0.05, 0.1) is 6.04 Å². The lowest BCUT2D eigenvalue weighted by atomic mass is 10.1. The van der Waals surface area contributed by atoms with Crippen LogP contribution in [0.5, 0.6) is 0 Å². The van der Waals surface area contributed by atoms with Crippen molar-refractivity contribution in [3.63, 3.8) is 0 Å². The van der Waals surface area contributed by atoms with Gasteiger partial charge in [-0.25, -0.2) is 0 Å². The summed E-state index contributed by atoms with van der Waals surface area (Å²) in [6.07, 6.45) is 0.879. The molecule has 2 aromatic rings. The summed E-state index contributed by atoms with van der Waals surface area (Å²) >= 11 is 0. The SMILES string of the molecule is Cc1oc2ccccc2c1CNC1CCN(C)C1=O. The smallest absolute Gasteiger partial charge is 0.239 e. The van der Waals surface area contributed by atoms with Gasteiger partial charge < -0.3 is 14.6 Å². The van der Waals surface area contributed by atoms with Crippen molar-refractivity contribution in [1.82, 2.24) is 10.2 Å². The number of hydrogen-bond donors (Lipinski definition) is 1. The standard InChI is InChI=1S/C15H18N2O2/c1-10-12(11-5-3-4-6-14(11)19-10)9-16-13-7-8-17(2)15(13)18/h3-6,13,16H,7-9H2,1-2H3. The van der Waals surface area contributed by atoms with Gasteiger partial charge in [0.15, 0.2) is 0 Å². The number of nitrogens with one attached hydrogen (secondary N) is 1. The Morgan fingerprint density at radius 1 is 1.42 bits per heavy atom. The molecule has 0 bridgehead atoms. The first kappa shape index (κ1) is 12.2. The van der Waals surface area contributed by atoms with E-state index in [4.69, 9.17) is 4.42 Å². The average molecular weight is 258 g/mol. The van der Waals surface area contributed by atoms with E-state index in [9.17, 15) is 4.79 Å². The van der Waals surface area contributed by atoms with Gasteiger partial charge in [-0.2, -0.15) is 0 Å². The first-order valence-electron chi connectivity index (χ1n) is 6.62. The van der Waals surface area contributed by atoms with E-state index in [1.807, 2.05) is 32.2 Å². The fraction of sp³-hybridized carbons (Fsp3) is 0.400. The lowest BCUT2D eigenvalue weighted by Crippen LogP contribution is -2.36. The summed E-state index contributed by atoms with van der Waals surface area (Å²) in [6, 6.07) is 7.96. The summed E-state index contributed by atoms with van der Waals surface area (Å²) < 4.78 is 5.73. The van der Waals surface area contributed by atoms with Crippen LogP contribution < -0.4 is 5.32 Å². The first-order valence-corrected chi connectivity index (χ1v) is 6.62. The molecule has 0 radical (unpaired) electrons. The maximum atomic E-state index is 11.9. The summed E-state index contributed by atoms with van der Waals surface area (Å²) in [5.41, 5.74) is 2.06. The van der Waals surface area contributed by atoms with E-state index < -0.39 is 0 Å². The van der Waals surface area contributed by atoms with Crippen molar-refractivity contribution in [2.24, 2.45) is 0 Å². The second kappa shape index (κ2) is 4.70. The number of carbonyl (C=O) groups excluding carboxylic acids is 1. The fourth-order valence-corrected chi connectivity index (χ4v) is 2.68. The van der Waals surface area contributed by atoms with Crippen molar-refractivity contribution in [2.45, 2.75) is 25.9 Å². The maximum absolute atomic E-state index is 11.9. The van der Waals surface area contributed by atoms with E-state index in [1.54, 1.807) is 4.90 Å². The second-order valence-corrected chi connectivity index (χ2v) is 5.11. The topological polar surface area (TPSA) is 45.5 Å². The van der Waals surface area contributed by atoms with Crippen LogP contribution in [0.25, 0.3) is 11.0 Å². The molecular weight excluding hydrogens is 240 g/mol. The van der Waals surface area contributed by atoms with Crippen molar-refractivity contribution >= 4 is 16.9 Å². The highest BCUT2D eigenvalue weighted by Crippen LogP contribution is 2.25. The second-order valence-electron chi connectivity index (χ2n) is 5.11. The molecule has 1 aromatic heterocycles. The summed E-state index contributed by atoms with van der Waals surface area (Å²) in [5, 5.41) is 4.48. The van der Waals surface area contributed by atoms with E-state index in [1.165, 1.54) is 0 Å². The molecule has 100 valence electrons. The summed E-state index contributed by atoms with van der Waals surface area (Å²) in [7, 11) is 1.85. The molecule has 1 amide bonds. The summed E-state index contributed by atoms with van der Waals surface area (Å²) in [4.78, 5) is 13.6. The Kier molecular flexibility index (Phi) is 3.03. The van der Waals surface area contributed by atoms with Gasteiger partial charge in [0.1, 0.15) is 11.3 Å². The van der Waals surface area contributed by atoms with Gasteiger partial charge in [0.25, 0.3) is 0 Å². The predicted molar refractivity (Wildman–Crippen MR) is 73.8 cm³/mol. The van der Waals surface area contributed by atoms with Gasteiger partial charge in [-0.1, -0.05) is 18.2 Å². The number of likely N-dealkylation sites (tertiary alicyclic amines) is 1. The Morgan fingerprint density at radius 2 is 2.21 bits per heavy atom. The number of fused-ring (bicyclic) bond motifs is 1. The van der Waals surface area contributed by atoms with Crippen LogP contribution in [0, 0.1) is 6.92 Å². The van der Waals surface area contributed by atoms with Crippen LogP contribution in [0.4, 0.5) is 0 Å². The molecule has 0 aliphatic carbocycles. The van der Waals surface area contributed by atoms with Crippen LogP contribution in [-0.2, 0) is 11.3 Å². The fourth-order valence-electron chi connectivity index (χ4n) is 2.68. The third-order valence-corrected chi connectivity index (χ3v) is 3.85. The molecule has 1 N–H and O–H groups in total. The Labute approximate surface area is 112 Å². The van der Waals surface area contributed by atoms with Gasteiger partial charge in [0.2, 0.25) is 5.91 Å². The Balaban J connectivity index is 1.79. The number of amides is 1. The minimum atomic E-state index is -0.0573. The highest BCUT2D eigenvalue weighted by Gasteiger charge is 2.28. The van der Waals surface area contributed by atoms with E-state index in [-0.39, 0.29) is 11.9 Å². The average Bonchev–Trinajstić information content (AvgIpc) is 2.89. The van der Waals surface area contributed by atoms with Crippen LogP contribution in [0.15, 0.2) is 28.7 Å². The zero-order valence-electron chi connectivity index (χ0n) is 11.3. The Morgan fingerprint density at radius 3 is 2.95 bits per heavy atom. The minimum Gasteiger partial charge on any atom is -0.461 e. The molecule has 1 aromatic carbocycles. The molecule has 3 rings (SSSR count). The van der Waals surface area contributed by atoms with Crippen LogP contribution in [0.2, 0.25) is 0 Å². The molecule has 1 aliphatic rings. The molecule has 1 atom stereocenters. The number of aryl methyl sites for hydroxylation is 1.